The van der Waals surface area contributed by atoms with Crippen molar-refractivity contribution in [2.75, 3.05) is 26.2 Å². The molecule has 5 rings (SSSR count). The zero-order chi connectivity index (χ0) is 39.5. The highest BCUT2D eigenvalue weighted by Crippen LogP contribution is 2.29. The molecule has 300 valence electrons. The lowest BCUT2D eigenvalue weighted by atomic mass is 9.95. The van der Waals surface area contributed by atoms with E-state index in [1.807, 2.05) is 49.6 Å². The van der Waals surface area contributed by atoms with Crippen molar-refractivity contribution in [3.05, 3.63) is 81.8 Å². The molecule has 2 fully saturated rings. The highest BCUT2D eigenvalue weighted by atomic mass is 32.2. The molecule has 2 heterocycles. The van der Waals surface area contributed by atoms with Gasteiger partial charge in [0.05, 0.1) is 35.5 Å². The number of aliphatic hydroxyl groups excluding tert-OH is 1. The largest absolute Gasteiger partial charge is 0.411 e. The maximum atomic E-state index is 14.4. The SMILES string of the molecule is CC[C@H](C)[C@H](C(=O)N[C@@H](Cc1ccccc1)[C@H](O)CN(CC1CCCC1)S(=O)(=O)c1ccc(C=NO)cc1)N1CCN(Cc2csc(CNC(C)C)n2)C1=O. The third-order valence-corrected chi connectivity index (χ3v) is 13.4. The van der Waals surface area contributed by atoms with Crippen LogP contribution >= 0.6 is 11.3 Å². The Kier molecular flexibility index (Phi) is 15.2. The first-order valence-corrected chi connectivity index (χ1v) is 21.7. The minimum absolute atomic E-state index is 0.0615. The van der Waals surface area contributed by atoms with Crippen LogP contribution in [0, 0.1) is 11.8 Å². The summed E-state index contributed by atoms with van der Waals surface area (Å²) in [5, 5.41) is 33.3. The quantitative estimate of drug-likeness (QED) is 0.0699. The molecule has 1 aromatic heterocycles. The van der Waals surface area contributed by atoms with E-state index in [-0.39, 0.29) is 48.2 Å². The van der Waals surface area contributed by atoms with Gasteiger partial charge in [0.1, 0.15) is 11.0 Å². The summed E-state index contributed by atoms with van der Waals surface area (Å²) in [6.45, 7) is 9.93. The van der Waals surface area contributed by atoms with E-state index in [1.165, 1.54) is 22.7 Å². The van der Waals surface area contributed by atoms with Crippen LogP contribution in [-0.2, 0) is 34.3 Å². The number of hydrogen-bond donors (Lipinski definition) is 4. The number of thiazole rings is 1. The second-order valence-electron chi connectivity index (χ2n) is 15.2. The fraction of sp³-hybridized carbons (Fsp3) is 0.550. The summed E-state index contributed by atoms with van der Waals surface area (Å²) in [6.07, 6.45) is 4.68. The first-order chi connectivity index (χ1) is 26.4. The number of hydrogen-bond acceptors (Lipinski definition) is 10. The second kappa shape index (κ2) is 19.8. The molecule has 1 aliphatic heterocycles. The van der Waals surface area contributed by atoms with E-state index in [2.05, 4.69) is 29.6 Å². The van der Waals surface area contributed by atoms with Crippen molar-refractivity contribution in [1.29, 1.82) is 0 Å². The van der Waals surface area contributed by atoms with E-state index in [0.717, 1.165) is 41.9 Å². The number of benzene rings is 2. The number of oxime groups is 1. The van der Waals surface area contributed by atoms with Gasteiger partial charge in [0, 0.05) is 44.1 Å². The standard InChI is InChI=1S/C40H57N7O6S2/c1-5-29(4)38(47-20-19-45(40(47)50)25-33-27-54-37(43-33)23-41-28(2)3)39(49)44-35(21-30-11-7-6-8-12-30)36(48)26-46(24-32-13-9-10-14-32)55(52,53)34-17-15-31(16-18-34)22-42-51/h6-8,11-12,15-18,22,27-29,32,35-36,38,41,48,51H,5,9-10,13-14,19-21,23-26H2,1-4H3,(H,44,49)/t29-,35-,36+,38+/m0/s1. The third kappa shape index (κ3) is 11.3. The van der Waals surface area contributed by atoms with Crippen LogP contribution in [0.4, 0.5) is 4.79 Å². The molecule has 3 amide bonds. The Balaban J connectivity index is 1.36. The topological polar surface area (TPSA) is 168 Å². The van der Waals surface area contributed by atoms with Crippen molar-refractivity contribution in [1.82, 2.24) is 29.7 Å². The van der Waals surface area contributed by atoms with Gasteiger partial charge >= 0.3 is 6.03 Å². The molecular formula is C40H57N7O6S2. The van der Waals surface area contributed by atoms with E-state index in [0.29, 0.717) is 44.2 Å². The van der Waals surface area contributed by atoms with E-state index in [1.54, 1.807) is 33.3 Å². The molecule has 13 nitrogen and oxygen atoms in total. The molecule has 0 bridgehead atoms. The van der Waals surface area contributed by atoms with Crippen LogP contribution in [0.3, 0.4) is 0 Å². The minimum atomic E-state index is -4.05. The van der Waals surface area contributed by atoms with Crippen LogP contribution < -0.4 is 10.6 Å². The lowest BCUT2D eigenvalue weighted by Crippen LogP contribution is -2.57. The molecule has 2 aliphatic rings. The Labute approximate surface area is 329 Å². The number of carbonyl (C=O) groups excluding carboxylic acids is 2. The Bertz CT molecular complexity index is 1820. The summed E-state index contributed by atoms with van der Waals surface area (Å²) in [4.78, 5) is 36.5. The van der Waals surface area contributed by atoms with Crippen molar-refractivity contribution < 1.29 is 28.3 Å². The number of nitrogens with one attached hydrogen (secondary N) is 2. The molecule has 1 aliphatic carbocycles. The number of rotatable bonds is 20. The van der Waals surface area contributed by atoms with Crippen molar-refractivity contribution in [3.63, 3.8) is 0 Å². The predicted molar refractivity (Wildman–Crippen MR) is 214 cm³/mol. The lowest BCUT2D eigenvalue weighted by Gasteiger charge is -2.35. The van der Waals surface area contributed by atoms with Crippen molar-refractivity contribution in [2.24, 2.45) is 17.0 Å². The van der Waals surface area contributed by atoms with Gasteiger partial charge in [-0.1, -0.05) is 94.6 Å². The average molecular weight is 796 g/mol. The maximum absolute atomic E-state index is 14.4. The van der Waals surface area contributed by atoms with E-state index < -0.39 is 28.2 Å². The van der Waals surface area contributed by atoms with Gasteiger partial charge in [-0.3, -0.25) is 4.79 Å². The summed E-state index contributed by atoms with van der Waals surface area (Å²) in [7, 11) is -4.05. The number of sulfonamides is 1. The number of nitrogens with zero attached hydrogens (tertiary/aromatic N) is 5. The normalized spacial score (nSPS) is 17.8. The molecule has 0 unspecified atom stereocenters. The first kappa shape index (κ1) is 42.3. The van der Waals surface area contributed by atoms with Gasteiger partial charge < -0.3 is 30.7 Å². The molecule has 55 heavy (non-hydrogen) atoms. The molecule has 4 atom stereocenters. The third-order valence-electron chi connectivity index (χ3n) is 10.7. The Morgan fingerprint density at radius 3 is 2.45 bits per heavy atom. The van der Waals surface area contributed by atoms with Gasteiger partial charge in [-0.2, -0.15) is 4.31 Å². The molecule has 1 saturated carbocycles. The van der Waals surface area contributed by atoms with Crippen molar-refractivity contribution >= 4 is 39.5 Å². The zero-order valence-corrected chi connectivity index (χ0v) is 34.0. The van der Waals surface area contributed by atoms with Crippen molar-refractivity contribution in [3.8, 4) is 0 Å². The molecule has 1 saturated heterocycles. The summed E-state index contributed by atoms with van der Waals surface area (Å²) in [5.41, 5.74) is 2.22. The molecular weight excluding hydrogens is 739 g/mol. The number of aliphatic hydroxyl groups is 1. The summed E-state index contributed by atoms with van der Waals surface area (Å²) in [5.74, 6) is -0.424. The van der Waals surface area contributed by atoms with E-state index >= 15 is 0 Å². The molecule has 0 spiro atoms. The highest BCUT2D eigenvalue weighted by molar-refractivity contribution is 7.89. The number of carbonyl (C=O) groups is 2. The average Bonchev–Trinajstić information content (AvgIpc) is 3.94. The van der Waals surface area contributed by atoms with Gasteiger partial charge in [0.2, 0.25) is 15.9 Å². The predicted octanol–water partition coefficient (Wildman–Crippen LogP) is 5.07. The van der Waals surface area contributed by atoms with Gasteiger partial charge in [-0.15, -0.1) is 11.3 Å². The summed E-state index contributed by atoms with van der Waals surface area (Å²) >= 11 is 1.55. The van der Waals surface area contributed by atoms with Crippen LogP contribution in [0.2, 0.25) is 0 Å². The maximum Gasteiger partial charge on any atom is 0.321 e. The smallest absolute Gasteiger partial charge is 0.321 e. The van der Waals surface area contributed by atoms with E-state index in [9.17, 15) is 23.1 Å². The number of amides is 3. The van der Waals surface area contributed by atoms with Gasteiger partial charge in [-0.25, -0.2) is 18.2 Å². The van der Waals surface area contributed by atoms with Crippen LogP contribution in [0.5, 0.6) is 0 Å². The number of aromatic nitrogens is 1. The van der Waals surface area contributed by atoms with Crippen LogP contribution in [0.1, 0.15) is 81.6 Å². The van der Waals surface area contributed by atoms with Gasteiger partial charge in [-0.05, 0) is 54.4 Å². The van der Waals surface area contributed by atoms with Crippen LogP contribution in [-0.4, -0.2) is 106 Å². The molecule has 15 heteroatoms. The summed E-state index contributed by atoms with van der Waals surface area (Å²) < 4.78 is 29.7. The molecule has 4 N–H and O–H groups in total. The Morgan fingerprint density at radius 2 is 1.80 bits per heavy atom. The monoisotopic (exact) mass is 795 g/mol. The summed E-state index contributed by atoms with van der Waals surface area (Å²) in [6, 6.07) is 14.0. The zero-order valence-electron chi connectivity index (χ0n) is 32.4. The Morgan fingerprint density at radius 1 is 1.09 bits per heavy atom. The second-order valence-corrected chi connectivity index (χ2v) is 18.0. The van der Waals surface area contributed by atoms with Crippen LogP contribution in [0.25, 0.3) is 0 Å². The molecule has 3 aromatic rings. The van der Waals surface area contributed by atoms with Crippen molar-refractivity contribution in [2.45, 2.75) is 108 Å². The fourth-order valence-corrected chi connectivity index (χ4v) is 9.64. The highest BCUT2D eigenvalue weighted by Gasteiger charge is 2.41. The molecule has 2 aromatic carbocycles. The van der Waals surface area contributed by atoms with Gasteiger partial charge in [0.15, 0.2) is 0 Å². The lowest BCUT2D eigenvalue weighted by molar-refractivity contribution is -0.128. The van der Waals surface area contributed by atoms with E-state index in [4.69, 9.17) is 10.2 Å². The minimum Gasteiger partial charge on any atom is -0.411 e. The first-order valence-electron chi connectivity index (χ1n) is 19.4. The molecule has 0 radical (unpaired) electrons. The Hall–Kier alpha value is -3.89. The number of urea groups is 1. The fourth-order valence-electron chi connectivity index (χ4n) is 7.37. The van der Waals surface area contributed by atoms with Gasteiger partial charge in [0.25, 0.3) is 0 Å². The van der Waals surface area contributed by atoms with Crippen LogP contribution in [0.15, 0.2) is 70.0 Å².